The summed E-state index contributed by atoms with van der Waals surface area (Å²) in [5.74, 6) is 0.909. The summed E-state index contributed by atoms with van der Waals surface area (Å²) in [6, 6.07) is 0. The lowest BCUT2D eigenvalue weighted by molar-refractivity contribution is 0.955. The van der Waals surface area contributed by atoms with Gasteiger partial charge in [0.15, 0.2) is 13.8 Å². The normalized spacial score (nSPS) is 10.7. The van der Waals surface area contributed by atoms with Crippen LogP contribution in [0, 0.1) is 0 Å². The van der Waals surface area contributed by atoms with Crippen molar-refractivity contribution in [2.75, 3.05) is 18.1 Å². The Morgan fingerprint density at radius 3 is 2.82 bits per heavy atom. The lowest BCUT2D eigenvalue weighted by atomic mass is 10.6. The van der Waals surface area contributed by atoms with E-state index in [0.717, 1.165) is 26.1 Å². The van der Waals surface area contributed by atoms with Gasteiger partial charge in [0.25, 0.3) is 0 Å². The largest absolute Gasteiger partial charge is 0.362 e. The fourth-order valence-corrected chi connectivity index (χ4v) is 4.42. The van der Waals surface area contributed by atoms with Gasteiger partial charge < -0.3 is 5.32 Å². The minimum Gasteiger partial charge on any atom is -0.362 e. The number of anilines is 1. The standard InChI is InChI=1S/C9H12N4S4/c1-3-10-7-11-4-6(16-7)5-15-9-13-12-8(14-2)17-9/h4H,3,5H2,1-2H3,(H,10,11). The molecule has 2 aromatic heterocycles. The van der Waals surface area contributed by atoms with Gasteiger partial charge >= 0.3 is 0 Å². The Morgan fingerprint density at radius 1 is 1.29 bits per heavy atom. The third kappa shape index (κ3) is 3.84. The first-order chi connectivity index (χ1) is 8.31. The van der Waals surface area contributed by atoms with Crippen LogP contribution in [0.5, 0.6) is 0 Å². The van der Waals surface area contributed by atoms with Crippen LogP contribution in [0.3, 0.4) is 0 Å². The van der Waals surface area contributed by atoms with Crippen LogP contribution in [0.25, 0.3) is 0 Å². The monoisotopic (exact) mass is 304 g/mol. The van der Waals surface area contributed by atoms with Crippen molar-refractivity contribution in [2.45, 2.75) is 21.4 Å². The summed E-state index contributed by atoms with van der Waals surface area (Å²) in [6.45, 7) is 2.98. The first-order valence-electron chi connectivity index (χ1n) is 5.00. The highest BCUT2D eigenvalue weighted by molar-refractivity contribution is 8.02. The van der Waals surface area contributed by atoms with E-state index in [9.17, 15) is 0 Å². The van der Waals surface area contributed by atoms with Crippen LogP contribution in [0.1, 0.15) is 11.8 Å². The van der Waals surface area contributed by atoms with Gasteiger partial charge in [0.2, 0.25) is 0 Å². The molecule has 0 radical (unpaired) electrons. The Labute approximate surface area is 117 Å². The van der Waals surface area contributed by atoms with Crippen LogP contribution >= 0.6 is 46.2 Å². The summed E-state index contributed by atoms with van der Waals surface area (Å²) in [5.41, 5.74) is 0. The van der Waals surface area contributed by atoms with Gasteiger partial charge in [-0.2, -0.15) is 0 Å². The van der Waals surface area contributed by atoms with E-state index in [1.807, 2.05) is 12.5 Å². The number of nitrogens with zero attached hydrogens (tertiary/aromatic N) is 3. The van der Waals surface area contributed by atoms with E-state index in [4.69, 9.17) is 0 Å². The average Bonchev–Trinajstić information content (AvgIpc) is 2.95. The van der Waals surface area contributed by atoms with Gasteiger partial charge in [-0.3, -0.25) is 0 Å². The van der Waals surface area contributed by atoms with Crippen molar-refractivity contribution in [3.05, 3.63) is 11.1 Å². The minimum atomic E-state index is 0.909. The smallest absolute Gasteiger partial charge is 0.182 e. The van der Waals surface area contributed by atoms with Gasteiger partial charge in [-0.05, 0) is 13.2 Å². The molecule has 4 nitrogen and oxygen atoms in total. The van der Waals surface area contributed by atoms with Crippen LogP contribution in [0.15, 0.2) is 14.9 Å². The topological polar surface area (TPSA) is 50.7 Å². The molecule has 0 amide bonds. The van der Waals surface area contributed by atoms with Crippen molar-refractivity contribution in [1.29, 1.82) is 0 Å². The van der Waals surface area contributed by atoms with Crippen LogP contribution < -0.4 is 5.32 Å². The fourth-order valence-electron chi connectivity index (χ4n) is 1.08. The van der Waals surface area contributed by atoms with Crippen molar-refractivity contribution in [3.8, 4) is 0 Å². The van der Waals surface area contributed by atoms with E-state index in [1.165, 1.54) is 4.88 Å². The first-order valence-corrected chi connectivity index (χ1v) is 8.85. The fraction of sp³-hybridized carbons (Fsp3) is 0.444. The highest BCUT2D eigenvalue weighted by Gasteiger charge is 2.06. The van der Waals surface area contributed by atoms with E-state index >= 15 is 0 Å². The van der Waals surface area contributed by atoms with Gasteiger partial charge in [-0.1, -0.05) is 34.9 Å². The molecule has 92 valence electrons. The van der Waals surface area contributed by atoms with E-state index in [1.54, 1.807) is 46.2 Å². The molecule has 2 rings (SSSR count). The van der Waals surface area contributed by atoms with Crippen LogP contribution in [-0.2, 0) is 5.75 Å². The minimum absolute atomic E-state index is 0.909. The highest BCUT2D eigenvalue weighted by Crippen LogP contribution is 2.31. The predicted octanol–water partition coefficient (Wildman–Crippen LogP) is 3.44. The predicted molar refractivity (Wildman–Crippen MR) is 77.5 cm³/mol. The van der Waals surface area contributed by atoms with Crippen molar-refractivity contribution in [3.63, 3.8) is 0 Å². The Bertz CT molecular complexity index is 467. The Hall–Kier alpha value is -0.310. The maximum absolute atomic E-state index is 4.30. The van der Waals surface area contributed by atoms with Crippen LogP contribution in [0.4, 0.5) is 5.13 Å². The molecule has 0 aliphatic rings. The van der Waals surface area contributed by atoms with Crippen molar-refractivity contribution in [2.24, 2.45) is 0 Å². The molecule has 2 heterocycles. The first kappa shape index (κ1) is 13.1. The van der Waals surface area contributed by atoms with Crippen LogP contribution in [0.2, 0.25) is 0 Å². The van der Waals surface area contributed by atoms with Gasteiger partial charge in [0.1, 0.15) is 0 Å². The summed E-state index contributed by atoms with van der Waals surface area (Å²) in [4.78, 5) is 5.55. The molecule has 0 fully saturated rings. The van der Waals surface area contributed by atoms with E-state index in [-0.39, 0.29) is 0 Å². The Balaban J connectivity index is 1.88. The van der Waals surface area contributed by atoms with E-state index in [0.29, 0.717) is 0 Å². The molecule has 0 aromatic carbocycles. The molecular weight excluding hydrogens is 292 g/mol. The van der Waals surface area contributed by atoms with Gasteiger partial charge in [-0.25, -0.2) is 4.98 Å². The molecule has 0 spiro atoms. The molecule has 0 aliphatic heterocycles. The molecule has 0 saturated carbocycles. The maximum atomic E-state index is 4.30. The molecule has 0 aliphatic carbocycles. The summed E-state index contributed by atoms with van der Waals surface area (Å²) < 4.78 is 2.04. The molecule has 2 aromatic rings. The zero-order chi connectivity index (χ0) is 12.1. The Morgan fingerprint density at radius 2 is 2.12 bits per heavy atom. The molecule has 0 bridgehead atoms. The maximum Gasteiger partial charge on any atom is 0.182 e. The van der Waals surface area contributed by atoms with Crippen molar-refractivity contribution < 1.29 is 0 Å². The third-order valence-electron chi connectivity index (χ3n) is 1.78. The highest BCUT2D eigenvalue weighted by atomic mass is 32.2. The number of thioether (sulfide) groups is 2. The second kappa shape index (κ2) is 6.58. The zero-order valence-electron chi connectivity index (χ0n) is 9.47. The molecule has 0 unspecified atom stereocenters. The quantitative estimate of drug-likeness (QED) is 0.825. The lowest BCUT2D eigenvalue weighted by Gasteiger charge is -1.94. The lowest BCUT2D eigenvalue weighted by Crippen LogP contribution is -1.94. The summed E-state index contributed by atoms with van der Waals surface area (Å²) in [6.07, 6.45) is 3.94. The van der Waals surface area contributed by atoms with Gasteiger partial charge in [0.05, 0.1) is 0 Å². The van der Waals surface area contributed by atoms with Gasteiger partial charge in [0, 0.05) is 23.4 Å². The van der Waals surface area contributed by atoms with E-state index < -0.39 is 0 Å². The number of aromatic nitrogens is 3. The number of nitrogens with one attached hydrogen (secondary N) is 1. The van der Waals surface area contributed by atoms with E-state index in [2.05, 4.69) is 27.4 Å². The summed E-state index contributed by atoms with van der Waals surface area (Å²) >= 11 is 6.69. The molecule has 0 atom stereocenters. The number of hydrogen-bond donors (Lipinski definition) is 1. The molecule has 1 N–H and O–H groups in total. The number of hydrogen-bond acceptors (Lipinski definition) is 8. The summed E-state index contributed by atoms with van der Waals surface area (Å²) in [7, 11) is 0. The molecule has 17 heavy (non-hydrogen) atoms. The second-order valence-electron chi connectivity index (χ2n) is 2.99. The Kier molecular flexibility index (Phi) is 5.08. The third-order valence-corrected chi connectivity index (χ3v) is 6.00. The SMILES string of the molecule is CCNc1ncc(CSc2nnc(SC)s2)s1. The zero-order valence-corrected chi connectivity index (χ0v) is 12.7. The second-order valence-corrected chi connectivity index (χ2v) is 7.36. The molecule has 0 saturated heterocycles. The van der Waals surface area contributed by atoms with Crippen molar-refractivity contribution in [1.82, 2.24) is 15.2 Å². The molecule has 8 heteroatoms. The van der Waals surface area contributed by atoms with Gasteiger partial charge in [-0.15, -0.1) is 21.5 Å². The van der Waals surface area contributed by atoms with Crippen molar-refractivity contribution >= 4 is 51.3 Å². The molecular formula is C9H12N4S4. The van der Waals surface area contributed by atoms with Crippen LogP contribution in [-0.4, -0.2) is 28.0 Å². The number of rotatable bonds is 6. The average molecular weight is 304 g/mol. The number of thiazole rings is 1. The summed E-state index contributed by atoms with van der Waals surface area (Å²) in [5, 5.41) is 12.4.